The van der Waals surface area contributed by atoms with Crippen LogP contribution in [0.1, 0.15) is 30.4 Å². The zero-order valence-electron chi connectivity index (χ0n) is 26.1. The van der Waals surface area contributed by atoms with Crippen molar-refractivity contribution >= 4 is 24.2 Å². The molecule has 4 aromatic carbocycles. The van der Waals surface area contributed by atoms with Crippen LogP contribution in [0, 0.1) is 0 Å². The number of rotatable bonds is 17. The van der Waals surface area contributed by atoms with Crippen LogP contribution in [-0.2, 0) is 9.53 Å². The number of hydrogen-bond donors (Lipinski definition) is 2. The molecule has 0 bridgehead atoms. The zero-order valence-corrected chi connectivity index (χ0v) is 26.1. The summed E-state index contributed by atoms with van der Waals surface area (Å²) in [6, 6.07) is 34.0. The van der Waals surface area contributed by atoms with Crippen LogP contribution in [0.4, 0.5) is 4.79 Å². The molecule has 3 N–H and O–H groups in total. The van der Waals surface area contributed by atoms with Crippen molar-refractivity contribution in [2.24, 2.45) is 5.73 Å². The number of carbonyl (C=O) groups excluding carboxylic acids is 2. The van der Waals surface area contributed by atoms with Gasteiger partial charge in [0.15, 0.2) is 0 Å². The molecule has 0 aliphatic rings. The van der Waals surface area contributed by atoms with Crippen LogP contribution < -0.4 is 20.5 Å². The molecule has 238 valence electrons. The Balaban J connectivity index is 1.46. The molecular weight excluding hydrogens is 578 g/mol. The number of hydrogen-bond acceptors (Lipinski definition) is 6. The van der Waals surface area contributed by atoms with E-state index in [0.29, 0.717) is 38.9 Å². The minimum Gasteiger partial charge on any atom is -0.468 e. The number of amides is 2. The maximum Gasteiger partial charge on any atom is 0.323 e. The second-order valence-corrected chi connectivity index (χ2v) is 10.6. The van der Waals surface area contributed by atoms with Crippen LogP contribution in [0.15, 0.2) is 121 Å². The Bertz CT molecular complexity index is 1480. The highest BCUT2D eigenvalue weighted by Crippen LogP contribution is 2.24. The molecule has 8 heteroatoms. The number of unbranched alkanes of at least 4 members (excludes halogenated alkanes) is 1. The standard InChI is InChI=1S/C38H41N3O5/c1-44-37(42)36(24-8-9-25-40-38(39)43)41(26-12-16-30-14-10-22-34(28-30)45-32-18-4-2-5-19-32)27-13-17-31-15-11-23-35(29-31)46-33-20-6-3-7-21-33/h2-7,10-23,28-29,36H,8-9,24-27H2,1H3,(H3,39,40,43)/b16-12+,17-13+/t36-/m0/s1. The first-order chi connectivity index (χ1) is 22.5. The molecule has 2 amide bonds. The third kappa shape index (κ3) is 11.6. The Hall–Kier alpha value is -5.34. The zero-order chi connectivity index (χ0) is 32.4. The summed E-state index contributed by atoms with van der Waals surface area (Å²) in [4.78, 5) is 26.1. The second-order valence-electron chi connectivity index (χ2n) is 10.6. The van der Waals surface area contributed by atoms with Gasteiger partial charge in [-0.15, -0.1) is 0 Å². The van der Waals surface area contributed by atoms with E-state index in [4.69, 9.17) is 19.9 Å². The van der Waals surface area contributed by atoms with Crippen molar-refractivity contribution in [3.63, 3.8) is 0 Å². The first-order valence-corrected chi connectivity index (χ1v) is 15.3. The lowest BCUT2D eigenvalue weighted by Crippen LogP contribution is -2.42. The lowest BCUT2D eigenvalue weighted by Gasteiger charge is -2.28. The van der Waals surface area contributed by atoms with Crippen LogP contribution in [-0.4, -0.2) is 49.7 Å². The predicted molar refractivity (Wildman–Crippen MR) is 183 cm³/mol. The van der Waals surface area contributed by atoms with E-state index >= 15 is 0 Å². The molecule has 0 fully saturated rings. The van der Waals surface area contributed by atoms with Crippen LogP contribution in [0.3, 0.4) is 0 Å². The monoisotopic (exact) mass is 619 g/mol. The van der Waals surface area contributed by atoms with Gasteiger partial charge >= 0.3 is 12.0 Å². The molecule has 0 spiro atoms. The van der Waals surface area contributed by atoms with Gasteiger partial charge in [0, 0.05) is 19.6 Å². The number of urea groups is 1. The highest BCUT2D eigenvalue weighted by Gasteiger charge is 2.25. The van der Waals surface area contributed by atoms with E-state index < -0.39 is 12.1 Å². The molecule has 4 rings (SSSR count). The fraction of sp³-hybridized carbons (Fsp3) is 0.211. The summed E-state index contributed by atoms with van der Waals surface area (Å²) in [5, 5.41) is 2.60. The van der Waals surface area contributed by atoms with Gasteiger partial charge in [-0.1, -0.05) is 85.0 Å². The number of para-hydroxylation sites is 2. The van der Waals surface area contributed by atoms with Crippen molar-refractivity contribution in [1.29, 1.82) is 0 Å². The number of ether oxygens (including phenoxy) is 3. The molecule has 0 radical (unpaired) electrons. The Morgan fingerprint density at radius 1 is 0.717 bits per heavy atom. The van der Waals surface area contributed by atoms with Crippen molar-refractivity contribution < 1.29 is 23.8 Å². The van der Waals surface area contributed by atoms with Gasteiger partial charge < -0.3 is 25.3 Å². The van der Waals surface area contributed by atoms with E-state index in [-0.39, 0.29) is 5.97 Å². The molecule has 4 aromatic rings. The van der Waals surface area contributed by atoms with E-state index in [1.165, 1.54) is 7.11 Å². The summed E-state index contributed by atoms with van der Waals surface area (Å²) in [6.45, 7) is 1.46. The number of nitrogens with two attached hydrogens (primary N) is 1. The molecular formula is C38H41N3O5. The van der Waals surface area contributed by atoms with Gasteiger partial charge in [-0.05, 0) is 78.9 Å². The Morgan fingerprint density at radius 2 is 1.22 bits per heavy atom. The fourth-order valence-corrected chi connectivity index (χ4v) is 4.85. The molecule has 1 atom stereocenters. The minimum absolute atomic E-state index is 0.304. The Morgan fingerprint density at radius 3 is 1.70 bits per heavy atom. The van der Waals surface area contributed by atoms with Crippen molar-refractivity contribution in [3.8, 4) is 23.0 Å². The Labute approximate surface area is 271 Å². The molecule has 0 heterocycles. The maximum atomic E-state index is 13.0. The summed E-state index contributed by atoms with van der Waals surface area (Å²) in [5.41, 5.74) is 7.15. The first kappa shape index (κ1) is 33.6. The minimum atomic E-state index is -0.558. The number of benzene rings is 4. The average molecular weight is 620 g/mol. The number of nitrogens with one attached hydrogen (secondary N) is 1. The number of carbonyl (C=O) groups is 2. The highest BCUT2D eigenvalue weighted by atomic mass is 16.5. The summed E-state index contributed by atoms with van der Waals surface area (Å²) in [5.74, 6) is 2.71. The molecule has 0 aliphatic carbocycles. The van der Waals surface area contributed by atoms with Gasteiger partial charge in [-0.25, -0.2) is 4.79 Å². The second kappa shape index (κ2) is 18.5. The van der Waals surface area contributed by atoms with E-state index in [1.807, 2.05) is 133 Å². The van der Waals surface area contributed by atoms with Crippen molar-refractivity contribution in [1.82, 2.24) is 10.2 Å². The van der Waals surface area contributed by atoms with Crippen LogP contribution in [0.2, 0.25) is 0 Å². The number of primary amides is 1. The van der Waals surface area contributed by atoms with Crippen molar-refractivity contribution in [2.75, 3.05) is 26.7 Å². The third-order valence-corrected chi connectivity index (χ3v) is 7.09. The molecule has 0 aliphatic heterocycles. The van der Waals surface area contributed by atoms with Gasteiger partial charge in [0.2, 0.25) is 0 Å². The van der Waals surface area contributed by atoms with E-state index in [0.717, 1.165) is 34.1 Å². The van der Waals surface area contributed by atoms with Gasteiger partial charge in [-0.2, -0.15) is 0 Å². The van der Waals surface area contributed by atoms with E-state index in [9.17, 15) is 9.59 Å². The summed E-state index contributed by atoms with van der Waals surface area (Å²) in [6.07, 6.45) is 10.1. The van der Waals surface area contributed by atoms with Gasteiger partial charge in [-0.3, -0.25) is 9.69 Å². The van der Waals surface area contributed by atoms with Crippen LogP contribution in [0.25, 0.3) is 12.2 Å². The van der Waals surface area contributed by atoms with Crippen LogP contribution in [0.5, 0.6) is 23.0 Å². The quantitative estimate of drug-likeness (QED) is 0.0928. The molecule has 0 aromatic heterocycles. The number of esters is 1. The fourth-order valence-electron chi connectivity index (χ4n) is 4.85. The van der Waals surface area contributed by atoms with Gasteiger partial charge in [0.25, 0.3) is 0 Å². The summed E-state index contributed by atoms with van der Waals surface area (Å²) >= 11 is 0. The maximum absolute atomic E-state index is 13.0. The molecule has 46 heavy (non-hydrogen) atoms. The molecule has 0 unspecified atom stereocenters. The molecule has 0 saturated heterocycles. The largest absolute Gasteiger partial charge is 0.468 e. The normalized spacial score (nSPS) is 11.9. The summed E-state index contributed by atoms with van der Waals surface area (Å²) < 4.78 is 17.2. The van der Waals surface area contributed by atoms with E-state index in [2.05, 4.69) is 10.2 Å². The van der Waals surface area contributed by atoms with Gasteiger partial charge in [0.05, 0.1) is 7.11 Å². The van der Waals surface area contributed by atoms with E-state index in [1.54, 1.807) is 0 Å². The average Bonchev–Trinajstić information content (AvgIpc) is 3.07. The SMILES string of the molecule is COC(=O)[C@H](CCCCNC(N)=O)N(C/C=C/c1cccc(Oc2ccccc2)c1)C/C=C/c1cccc(Oc2ccccc2)c1. The highest BCUT2D eigenvalue weighted by molar-refractivity contribution is 5.75. The first-order valence-electron chi connectivity index (χ1n) is 15.3. The molecule has 0 saturated carbocycles. The van der Waals surface area contributed by atoms with Gasteiger partial charge in [0.1, 0.15) is 29.0 Å². The summed E-state index contributed by atoms with van der Waals surface area (Å²) in [7, 11) is 1.41. The topological polar surface area (TPSA) is 103 Å². The Kier molecular flexibility index (Phi) is 13.5. The van der Waals surface area contributed by atoms with Crippen molar-refractivity contribution in [2.45, 2.75) is 25.3 Å². The number of nitrogens with zero attached hydrogens (tertiary/aromatic N) is 1. The number of methoxy groups -OCH3 is 1. The van der Waals surface area contributed by atoms with Crippen LogP contribution >= 0.6 is 0 Å². The smallest absolute Gasteiger partial charge is 0.323 e. The predicted octanol–water partition coefficient (Wildman–Crippen LogP) is 7.68. The lowest BCUT2D eigenvalue weighted by atomic mass is 10.1. The molecule has 8 nitrogen and oxygen atoms in total. The lowest BCUT2D eigenvalue weighted by molar-refractivity contribution is -0.146. The third-order valence-electron chi connectivity index (χ3n) is 7.09. The van der Waals surface area contributed by atoms with Crippen molar-refractivity contribution in [3.05, 3.63) is 132 Å².